The second kappa shape index (κ2) is 8.68. The van der Waals surface area contributed by atoms with Gasteiger partial charge >= 0.3 is 0 Å². The lowest BCUT2D eigenvalue weighted by atomic mass is 9.99. The number of nitrogens with one attached hydrogen (secondary N) is 1. The fourth-order valence-electron chi connectivity index (χ4n) is 3.80. The maximum Gasteiger partial charge on any atom is 0.227 e. The molecule has 2 aliphatic rings. The number of benzene rings is 1. The molecule has 6 heteroatoms. The number of hydrogen-bond donors (Lipinski definition) is 2. The third kappa shape index (κ3) is 4.73. The second-order valence-corrected chi connectivity index (χ2v) is 7.09. The van der Waals surface area contributed by atoms with E-state index in [1.807, 2.05) is 36.1 Å². The number of hydrogen-bond acceptors (Lipinski definition) is 3. The van der Waals surface area contributed by atoms with Crippen molar-refractivity contribution in [3.8, 4) is 0 Å². The fourth-order valence-corrected chi connectivity index (χ4v) is 3.80. The number of nitrogens with two attached hydrogens (primary N) is 1. The Hall–Kier alpha value is -1.59. The van der Waals surface area contributed by atoms with Crippen LogP contribution in [0.3, 0.4) is 0 Å². The lowest BCUT2D eigenvalue weighted by Gasteiger charge is -2.20. The molecule has 5 nitrogen and oxygen atoms in total. The molecule has 0 aromatic heterocycles. The molecule has 0 bridgehead atoms. The Morgan fingerprint density at radius 2 is 2.00 bits per heavy atom. The summed E-state index contributed by atoms with van der Waals surface area (Å²) in [5.41, 5.74) is 8.04. The Bertz CT molecular complexity index is 605. The molecule has 2 fully saturated rings. The highest BCUT2D eigenvalue weighted by Gasteiger charge is 2.26. The quantitative estimate of drug-likeness (QED) is 0.842. The van der Waals surface area contributed by atoms with E-state index in [0.717, 1.165) is 43.5 Å². The number of nitrogens with zero attached hydrogens (tertiary/aromatic N) is 1. The van der Waals surface area contributed by atoms with E-state index in [2.05, 4.69) is 5.32 Å². The Balaban J connectivity index is 0.00000225. The van der Waals surface area contributed by atoms with Gasteiger partial charge in [-0.2, -0.15) is 0 Å². The van der Waals surface area contributed by atoms with E-state index in [-0.39, 0.29) is 36.3 Å². The molecule has 3 N–H and O–H groups in total. The van der Waals surface area contributed by atoms with Crippen LogP contribution >= 0.6 is 12.4 Å². The molecule has 1 saturated carbocycles. The van der Waals surface area contributed by atoms with Gasteiger partial charge in [-0.1, -0.05) is 18.6 Å². The van der Waals surface area contributed by atoms with E-state index in [1.54, 1.807) is 0 Å². The highest BCUT2D eigenvalue weighted by Crippen LogP contribution is 2.27. The van der Waals surface area contributed by atoms with Gasteiger partial charge in [-0.3, -0.25) is 9.59 Å². The molecule has 0 spiro atoms. The van der Waals surface area contributed by atoms with Gasteiger partial charge in [-0.05, 0) is 49.8 Å². The van der Waals surface area contributed by atoms with Crippen molar-refractivity contribution in [3.05, 3.63) is 29.8 Å². The van der Waals surface area contributed by atoms with E-state index >= 15 is 0 Å². The van der Waals surface area contributed by atoms with Gasteiger partial charge < -0.3 is 16.0 Å². The third-order valence-electron chi connectivity index (χ3n) is 5.32. The van der Waals surface area contributed by atoms with E-state index in [4.69, 9.17) is 5.73 Å². The van der Waals surface area contributed by atoms with Crippen LogP contribution in [0.4, 0.5) is 5.69 Å². The van der Waals surface area contributed by atoms with Crippen molar-refractivity contribution >= 4 is 29.9 Å². The molecule has 1 aromatic carbocycles. The normalized spacial score (nSPS) is 24.1. The average molecular weight is 366 g/mol. The average Bonchev–Trinajstić information content (AvgIpc) is 3.16. The molecule has 2 amide bonds. The summed E-state index contributed by atoms with van der Waals surface area (Å²) in [7, 11) is 0. The van der Waals surface area contributed by atoms with Crippen molar-refractivity contribution < 1.29 is 9.59 Å². The van der Waals surface area contributed by atoms with Gasteiger partial charge in [0.2, 0.25) is 11.8 Å². The van der Waals surface area contributed by atoms with Gasteiger partial charge in [-0.15, -0.1) is 12.4 Å². The smallest absolute Gasteiger partial charge is 0.227 e. The molecule has 1 saturated heterocycles. The first-order valence-electron chi connectivity index (χ1n) is 9.00. The van der Waals surface area contributed by atoms with Gasteiger partial charge in [0.05, 0.1) is 6.04 Å². The van der Waals surface area contributed by atoms with Gasteiger partial charge in [0.1, 0.15) is 0 Å². The van der Waals surface area contributed by atoms with Crippen molar-refractivity contribution in [3.63, 3.8) is 0 Å². The minimum atomic E-state index is -0.0431. The molecule has 3 atom stereocenters. The van der Waals surface area contributed by atoms with Crippen LogP contribution in [0.5, 0.6) is 0 Å². The minimum absolute atomic E-state index is 0. The van der Waals surface area contributed by atoms with Crippen LogP contribution in [0.15, 0.2) is 24.3 Å². The molecule has 1 heterocycles. The lowest BCUT2D eigenvalue weighted by molar-refractivity contribution is -0.122. The van der Waals surface area contributed by atoms with Crippen molar-refractivity contribution in [2.24, 2.45) is 11.7 Å². The van der Waals surface area contributed by atoms with E-state index in [9.17, 15) is 9.59 Å². The lowest BCUT2D eigenvalue weighted by Crippen LogP contribution is -2.32. The van der Waals surface area contributed by atoms with E-state index in [0.29, 0.717) is 18.8 Å². The number of carbonyl (C=O) groups is 2. The van der Waals surface area contributed by atoms with E-state index < -0.39 is 0 Å². The third-order valence-corrected chi connectivity index (χ3v) is 5.32. The predicted octanol–water partition coefficient (Wildman–Crippen LogP) is 2.93. The molecular weight excluding hydrogens is 338 g/mol. The van der Waals surface area contributed by atoms with Gasteiger partial charge in [-0.25, -0.2) is 0 Å². The molecule has 0 radical (unpaired) electrons. The zero-order valence-electron chi connectivity index (χ0n) is 14.7. The standard InChI is InChI=1S/C19H27N3O2.ClH/c1-13(21-18(23)12-15-4-2-5-17(15)20)14-7-9-16(10-8-14)22-11-3-6-19(22)24;/h7-10,13,15,17H,2-6,11-12,20H2,1H3,(H,21,23);1H/t13?,15-,17+;/m0./s1. The Kier molecular flexibility index (Phi) is 6.85. The molecule has 3 rings (SSSR count). The van der Waals surface area contributed by atoms with Crippen LogP contribution in [0, 0.1) is 5.92 Å². The highest BCUT2D eigenvalue weighted by molar-refractivity contribution is 5.95. The molecule has 1 aliphatic heterocycles. The van der Waals surface area contributed by atoms with E-state index in [1.165, 1.54) is 0 Å². The SMILES string of the molecule is CC(NC(=O)C[C@@H]1CCC[C@H]1N)c1ccc(N2CCCC2=O)cc1.Cl. The number of carbonyl (C=O) groups excluding carboxylic acids is 2. The second-order valence-electron chi connectivity index (χ2n) is 7.09. The largest absolute Gasteiger partial charge is 0.350 e. The summed E-state index contributed by atoms with van der Waals surface area (Å²) in [5.74, 6) is 0.585. The monoisotopic (exact) mass is 365 g/mol. The Morgan fingerprint density at radius 1 is 1.28 bits per heavy atom. The van der Waals surface area contributed by atoms with Gasteiger partial charge in [0.15, 0.2) is 0 Å². The fraction of sp³-hybridized carbons (Fsp3) is 0.579. The van der Waals surface area contributed by atoms with Gasteiger partial charge in [0, 0.05) is 31.1 Å². The number of amides is 2. The summed E-state index contributed by atoms with van der Waals surface area (Å²) in [6, 6.07) is 8.05. The summed E-state index contributed by atoms with van der Waals surface area (Å²) in [5, 5.41) is 3.07. The molecule has 25 heavy (non-hydrogen) atoms. The summed E-state index contributed by atoms with van der Waals surface area (Å²) >= 11 is 0. The van der Waals surface area contributed by atoms with Gasteiger partial charge in [0.25, 0.3) is 0 Å². The summed E-state index contributed by atoms with van der Waals surface area (Å²) in [6.45, 7) is 2.79. The molecule has 1 aliphatic carbocycles. The zero-order valence-corrected chi connectivity index (χ0v) is 15.6. The van der Waals surface area contributed by atoms with Crippen molar-refractivity contribution in [2.45, 2.75) is 57.5 Å². The zero-order chi connectivity index (χ0) is 17.1. The molecule has 1 unspecified atom stereocenters. The maximum absolute atomic E-state index is 12.2. The van der Waals surface area contributed by atoms with Crippen molar-refractivity contribution in [1.29, 1.82) is 0 Å². The topological polar surface area (TPSA) is 75.4 Å². The van der Waals surface area contributed by atoms with Crippen LogP contribution < -0.4 is 16.0 Å². The number of halogens is 1. The van der Waals surface area contributed by atoms with Crippen LogP contribution in [0.25, 0.3) is 0 Å². The molecule has 138 valence electrons. The highest BCUT2D eigenvalue weighted by atomic mass is 35.5. The van der Waals surface area contributed by atoms with Crippen LogP contribution in [-0.2, 0) is 9.59 Å². The predicted molar refractivity (Wildman–Crippen MR) is 102 cm³/mol. The number of anilines is 1. The van der Waals surface area contributed by atoms with Crippen LogP contribution in [0.2, 0.25) is 0 Å². The summed E-state index contributed by atoms with van der Waals surface area (Å²) in [4.78, 5) is 25.8. The summed E-state index contributed by atoms with van der Waals surface area (Å²) in [6.07, 6.45) is 5.30. The van der Waals surface area contributed by atoms with Crippen LogP contribution in [0.1, 0.15) is 57.1 Å². The Labute approximate surface area is 155 Å². The molecule has 1 aromatic rings. The first kappa shape index (κ1) is 19.7. The minimum Gasteiger partial charge on any atom is -0.350 e. The summed E-state index contributed by atoms with van der Waals surface area (Å²) < 4.78 is 0. The van der Waals surface area contributed by atoms with Crippen LogP contribution in [-0.4, -0.2) is 24.4 Å². The first-order chi connectivity index (χ1) is 11.5. The first-order valence-corrected chi connectivity index (χ1v) is 9.00. The molecular formula is C19H28ClN3O2. The van der Waals surface area contributed by atoms with Crippen molar-refractivity contribution in [1.82, 2.24) is 5.32 Å². The maximum atomic E-state index is 12.2. The Morgan fingerprint density at radius 3 is 2.56 bits per heavy atom. The van der Waals surface area contributed by atoms with Crippen molar-refractivity contribution in [2.75, 3.05) is 11.4 Å². The number of rotatable bonds is 5.